The van der Waals surface area contributed by atoms with E-state index in [1.807, 2.05) is 63.7 Å². The van der Waals surface area contributed by atoms with Crippen LogP contribution in [0.3, 0.4) is 0 Å². The molecule has 1 amide bonds. The lowest BCUT2D eigenvalue weighted by Crippen LogP contribution is -2.15. The predicted molar refractivity (Wildman–Crippen MR) is 174 cm³/mol. The van der Waals surface area contributed by atoms with Crippen molar-refractivity contribution in [2.75, 3.05) is 11.9 Å². The van der Waals surface area contributed by atoms with Crippen LogP contribution in [0.15, 0.2) is 54.1 Å². The molecule has 3 aromatic carbocycles. The van der Waals surface area contributed by atoms with Crippen molar-refractivity contribution < 1.29 is 14.3 Å². The fraction of sp³-hybridized carbons (Fsp3) is 0.286. The van der Waals surface area contributed by atoms with Crippen molar-refractivity contribution in [2.45, 2.75) is 53.9 Å². The molecule has 1 aliphatic carbocycles. The number of aromatic nitrogens is 2. The molecule has 0 radical (unpaired) electrons. The summed E-state index contributed by atoms with van der Waals surface area (Å²) in [6.07, 6.45) is 1.81. The Balaban J connectivity index is 1.46. The van der Waals surface area contributed by atoms with Crippen LogP contribution in [-0.4, -0.2) is 28.1 Å². The van der Waals surface area contributed by atoms with Crippen LogP contribution in [0.2, 0.25) is 10.0 Å². The maximum atomic E-state index is 13.8. The predicted octanol–water partition coefficient (Wildman–Crippen LogP) is 8.64. The molecule has 6 nitrogen and oxygen atoms in total. The quantitative estimate of drug-likeness (QED) is 0.151. The van der Waals surface area contributed by atoms with E-state index in [0.717, 1.165) is 61.1 Å². The standard InChI is InChI=1S/C35H35Cl2N3O3/c1-19-16-26(17-20(2)34(19)37)43-15-7-8-27-28-13-14-31(36)33(32-21(3)39-40(6)22(32)4)29(28)18-30(27)35(42)38-25-11-9-24(10-12-25)23(5)41/h9-14,16-17H,7-8,15,18H2,1-6H3,(H,38,42). The second kappa shape index (κ2) is 12.4. The molecule has 0 aliphatic heterocycles. The van der Waals surface area contributed by atoms with Crippen LogP contribution in [0.4, 0.5) is 5.69 Å². The number of nitrogens with zero attached hydrogens (tertiary/aromatic N) is 2. The summed E-state index contributed by atoms with van der Waals surface area (Å²) in [4.78, 5) is 25.5. The van der Waals surface area contributed by atoms with Crippen LogP contribution in [0.25, 0.3) is 16.7 Å². The van der Waals surface area contributed by atoms with Crippen LogP contribution in [-0.2, 0) is 18.3 Å². The average Bonchev–Trinajstić information content (AvgIpc) is 3.45. The first-order chi connectivity index (χ1) is 20.5. The zero-order chi connectivity index (χ0) is 31.0. The normalized spacial score (nSPS) is 12.5. The fourth-order valence-electron chi connectivity index (χ4n) is 5.86. The second-order valence-corrected chi connectivity index (χ2v) is 11.9. The van der Waals surface area contributed by atoms with E-state index in [-0.39, 0.29) is 11.7 Å². The van der Waals surface area contributed by atoms with Crippen LogP contribution in [0.5, 0.6) is 5.75 Å². The Hall–Kier alpha value is -3.87. The van der Waals surface area contributed by atoms with E-state index in [4.69, 9.17) is 27.9 Å². The van der Waals surface area contributed by atoms with Gasteiger partial charge >= 0.3 is 0 Å². The van der Waals surface area contributed by atoms with Gasteiger partial charge in [0.25, 0.3) is 5.91 Å². The Labute approximate surface area is 262 Å². The lowest BCUT2D eigenvalue weighted by molar-refractivity contribution is -0.112. The van der Waals surface area contributed by atoms with Gasteiger partial charge in [-0.3, -0.25) is 14.3 Å². The minimum Gasteiger partial charge on any atom is -0.494 e. The largest absolute Gasteiger partial charge is 0.494 e. The molecule has 1 heterocycles. The van der Waals surface area contributed by atoms with Crippen LogP contribution in [0, 0.1) is 27.7 Å². The number of Topliss-reactive ketones (excluding diaryl/α,β-unsaturated/α-hetero) is 1. The van der Waals surface area contributed by atoms with Crippen molar-refractivity contribution in [1.82, 2.24) is 9.78 Å². The second-order valence-electron chi connectivity index (χ2n) is 11.2. The SMILES string of the molecule is CC(=O)c1ccc(NC(=O)C2=C(CCCOc3cc(C)c(Cl)c(C)c3)c3ccc(Cl)c(-c4c(C)nn(C)c4C)c3C2)cc1. The van der Waals surface area contributed by atoms with Gasteiger partial charge in [-0.05, 0) is 118 Å². The first-order valence-corrected chi connectivity index (χ1v) is 15.1. The highest BCUT2D eigenvalue weighted by atomic mass is 35.5. The first kappa shape index (κ1) is 30.6. The molecule has 43 heavy (non-hydrogen) atoms. The third kappa shape index (κ3) is 6.13. The van der Waals surface area contributed by atoms with E-state index in [9.17, 15) is 9.59 Å². The highest BCUT2D eigenvalue weighted by Crippen LogP contribution is 2.45. The zero-order valence-corrected chi connectivity index (χ0v) is 26.8. The molecule has 0 spiro atoms. The number of halogens is 2. The van der Waals surface area contributed by atoms with Crippen molar-refractivity contribution in [3.8, 4) is 16.9 Å². The topological polar surface area (TPSA) is 73.2 Å². The summed E-state index contributed by atoms with van der Waals surface area (Å²) in [5.41, 5.74) is 10.8. The van der Waals surface area contributed by atoms with Crippen molar-refractivity contribution in [3.05, 3.63) is 103 Å². The van der Waals surface area contributed by atoms with E-state index in [2.05, 4.69) is 10.4 Å². The van der Waals surface area contributed by atoms with E-state index >= 15 is 0 Å². The minimum absolute atomic E-state index is 0.0225. The molecule has 4 aromatic rings. The Bertz CT molecular complexity index is 1760. The van der Waals surface area contributed by atoms with Gasteiger partial charge in [-0.25, -0.2) is 0 Å². The number of anilines is 1. The van der Waals surface area contributed by atoms with E-state index < -0.39 is 0 Å². The highest BCUT2D eigenvalue weighted by molar-refractivity contribution is 6.34. The van der Waals surface area contributed by atoms with Crippen molar-refractivity contribution in [1.29, 1.82) is 0 Å². The molecule has 0 atom stereocenters. The molecular weight excluding hydrogens is 581 g/mol. The molecule has 1 aliphatic rings. The van der Waals surface area contributed by atoms with Crippen molar-refractivity contribution in [3.63, 3.8) is 0 Å². The lowest BCUT2D eigenvalue weighted by atomic mass is 9.93. The summed E-state index contributed by atoms with van der Waals surface area (Å²) in [7, 11) is 1.92. The molecular formula is C35H35Cl2N3O3. The third-order valence-corrected chi connectivity index (χ3v) is 9.05. The number of ether oxygens (including phenoxy) is 1. The number of allylic oxidation sites excluding steroid dienone is 1. The van der Waals surface area contributed by atoms with Gasteiger partial charge in [0.2, 0.25) is 0 Å². The number of rotatable bonds is 9. The van der Waals surface area contributed by atoms with Gasteiger partial charge in [0.15, 0.2) is 5.78 Å². The smallest absolute Gasteiger partial charge is 0.252 e. The molecule has 222 valence electrons. The summed E-state index contributed by atoms with van der Waals surface area (Å²) in [6, 6.07) is 14.8. The number of benzene rings is 3. The van der Waals surface area contributed by atoms with E-state index in [0.29, 0.717) is 47.7 Å². The van der Waals surface area contributed by atoms with E-state index in [1.54, 1.807) is 24.3 Å². The van der Waals surface area contributed by atoms with Crippen molar-refractivity contribution in [2.24, 2.45) is 7.05 Å². The van der Waals surface area contributed by atoms with Gasteiger partial charge in [0, 0.05) is 57.2 Å². The summed E-state index contributed by atoms with van der Waals surface area (Å²) in [5.74, 6) is 0.586. The zero-order valence-electron chi connectivity index (χ0n) is 25.3. The lowest BCUT2D eigenvalue weighted by Gasteiger charge is -2.14. The number of hydrogen-bond acceptors (Lipinski definition) is 4. The van der Waals surface area contributed by atoms with Gasteiger partial charge in [-0.1, -0.05) is 29.3 Å². The summed E-state index contributed by atoms with van der Waals surface area (Å²) >= 11 is 13.2. The number of aryl methyl sites for hydroxylation is 4. The minimum atomic E-state index is -0.173. The molecule has 0 saturated carbocycles. The maximum absolute atomic E-state index is 13.8. The van der Waals surface area contributed by atoms with E-state index in [1.165, 1.54) is 6.92 Å². The molecule has 5 rings (SSSR count). The molecule has 0 bridgehead atoms. The van der Waals surface area contributed by atoms with Gasteiger partial charge in [0.1, 0.15) is 5.75 Å². The van der Waals surface area contributed by atoms with Gasteiger partial charge in [0.05, 0.1) is 12.3 Å². The Morgan fingerprint density at radius 3 is 2.26 bits per heavy atom. The van der Waals surface area contributed by atoms with Gasteiger partial charge < -0.3 is 10.1 Å². The number of carbonyl (C=O) groups is 2. The van der Waals surface area contributed by atoms with Crippen LogP contribution < -0.4 is 10.1 Å². The number of nitrogens with one attached hydrogen (secondary N) is 1. The number of amides is 1. The summed E-state index contributed by atoms with van der Waals surface area (Å²) in [6.45, 7) is 9.96. The van der Waals surface area contributed by atoms with Crippen molar-refractivity contribution >= 4 is 46.2 Å². The van der Waals surface area contributed by atoms with Crippen LogP contribution >= 0.6 is 23.2 Å². The number of ketones is 1. The molecule has 0 unspecified atom stereocenters. The first-order valence-electron chi connectivity index (χ1n) is 14.3. The molecule has 8 heteroatoms. The van der Waals surface area contributed by atoms with Gasteiger partial charge in [-0.2, -0.15) is 5.10 Å². The molecule has 0 saturated heterocycles. The number of fused-ring (bicyclic) bond motifs is 1. The third-order valence-electron chi connectivity index (χ3n) is 8.14. The summed E-state index contributed by atoms with van der Waals surface area (Å²) < 4.78 is 7.96. The maximum Gasteiger partial charge on any atom is 0.252 e. The molecule has 1 N–H and O–H groups in total. The number of carbonyl (C=O) groups excluding carboxylic acids is 2. The summed E-state index contributed by atoms with van der Waals surface area (Å²) in [5, 5.41) is 9.06. The molecule has 1 aromatic heterocycles. The Morgan fingerprint density at radius 1 is 0.977 bits per heavy atom. The Morgan fingerprint density at radius 2 is 1.65 bits per heavy atom. The van der Waals surface area contributed by atoms with Crippen LogP contribution in [0.1, 0.15) is 63.8 Å². The Kier molecular flexibility index (Phi) is 8.81. The molecule has 0 fully saturated rings. The van der Waals surface area contributed by atoms with Gasteiger partial charge in [-0.15, -0.1) is 0 Å². The number of hydrogen-bond donors (Lipinski definition) is 1. The highest BCUT2D eigenvalue weighted by Gasteiger charge is 2.31. The average molecular weight is 617 g/mol. The monoisotopic (exact) mass is 615 g/mol. The fourth-order valence-corrected chi connectivity index (χ4v) is 6.24.